The number of hydrogen-bond donors (Lipinski definition) is 0. The lowest BCUT2D eigenvalue weighted by Gasteiger charge is -2.36. The van der Waals surface area contributed by atoms with Crippen molar-refractivity contribution in [1.29, 1.82) is 0 Å². The SMILES string of the molecule is CCN(C(=O)C1CCN(c2ccc3nnnn3n2)CC1)C1CCN(C(C)c2ccccc2)C1. The van der Waals surface area contributed by atoms with Crippen LogP contribution in [0.3, 0.4) is 0 Å². The molecule has 1 amide bonds. The standard InChI is InChI=1S/C24H32N8O/c1-3-31(21-13-16-30(17-21)18(2)19-7-5-4-6-8-19)24(33)20-11-14-29(15-12-20)23-10-9-22-25-27-28-32(22)26-23/h4-10,18,20-21H,3,11-17H2,1-2H3. The molecular formula is C24H32N8O. The number of likely N-dealkylation sites (tertiary alicyclic amines) is 1. The van der Waals surface area contributed by atoms with E-state index in [1.54, 1.807) is 0 Å². The third-order valence-corrected chi connectivity index (χ3v) is 7.31. The summed E-state index contributed by atoms with van der Waals surface area (Å²) >= 11 is 0. The van der Waals surface area contributed by atoms with E-state index >= 15 is 0 Å². The van der Waals surface area contributed by atoms with E-state index in [9.17, 15) is 4.79 Å². The van der Waals surface area contributed by atoms with E-state index in [0.29, 0.717) is 23.6 Å². The highest BCUT2D eigenvalue weighted by atomic mass is 16.2. The van der Waals surface area contributed by atoms with Crippen LogP contribution in [-0.2, 0) is 4.79 Å². The summed E-state index contributed by atoms with van der Waals surface area (Å²) in [5.41, 5.74) is 1.97. The first-order chi connectivity index (χ1) is 16.1. The smallest absolute Gasteiger partial charge is 0.226 e. The highest BCUT2D eigenvalue weighted by molar-refractivity contribution is 5.79. The van der Waals surface area contributed by atoms with E-state index in [-0.39, 0.29) is 5.92 Å². The Bertz CT molecular complexity index is 1080. The van der Waals surface area contributed by atoms with E-state index in [1.165, 1.54) is 10.2 Å². The highest BCUT2D eigenvalue weighted by Gasteiger charge is 2.36. The van der Waals surface area contributed by atoms with Crippen LogP contribution in [0.4, 0.5) is 5.82 Å². The summed E-state index contributed by atoms with van der Waals surface area (Å²) in [5, 5.41) is 15.9. The highest BCUT2D eigenvalue weighted by Crippen LogP contribution is 2.29. The first-order valence-electron chi connectivity index (χ1n) is 12.0. The number of aromatic nitrogens is 5. The van der Waals surface area contributed by atoms with E-state index in [0.717, 1.165) is 57.8 Å². The Balaban J connectivity index is 1.18. The van der Waals surface area contributed by atoms with Gasteiger partial charge >= 0.3 is 0 Å². The van der Waals surface area contributed by atoms with E-state index in [4.69, 9.17) is 0 Å². The second kappa shape index (κ2) is 9.43. The summed E-state index contributed by atoms with van der Waals surface area (Å²) in [7, 11) is 0. The predicted molar refractivity (Wildman–Crippen MR) is 126 cm³/mol. The number of carbonyl (C=O) groups excluding carboxylic acids is 1. The molecule has 0 N–H and O–H groups in total. The first-order valence-corrected chi connectivity index (χ1v) is 12.0. The first kappa shape index (κ1) is 21.8. The van der Waals surface area contributed by atoms with Gasteiger partial charge in [-0.15, -0.1) is 14.8 Å². The van der Waals surface area contributed by atoms with Gasteiger partial charge in [0.25, 0.3) is 0 Å². The molecular weight excluding hydrogens is 416 g/mol. The molecule has 5 rings (SSSR count). The Morgan fingerprint density at radius 1 is 1.09 bits per heavy atom. The Morgan fingerprint density at radius 2 is 1.88 bits per heavy atom. The lowest BCUT2D eigenvalue weighted by Crippen LogP contribution is -2.47. The minimum Gasteiger partial charge on any atom is -0.355 e. The molecule has 33 heavy (non-hydrogen) atoms. The van der Waals surface area contributed by atoms with E-state index < -0.39 is 0 Å². The Morgan fingerprint density at radius 3 is 2.64 bits per heavy atom. The average Bonchev–Trinajstić information content (AvgIpc) is 3.54. The number of benzene rings is 1. The van der Waals surface area contributed by atoms with Crippen molar-refractivity contribution in [2.24, 2.45) is 5.92 Å². The maximum atomic E-state index is 13.5. The quantitative estimate of drug-likeness (QED) is 0.573. The molecule has 0 radical (unpaired) electrons. The number of likely N-dealkylation sites (N-methyl/N-ethyl adjacent to an activating group) is 1. The fourth-order valence-electron chi connectivity index (χ4n) is 5.31. The van der Waals surface area contributed by atoms with Crippen LogP contribution in [0, 0.1) is 5.92 Å². The Hall–Kier alpha value is -3.07. The van der Waals surface area contributed by atoms with Gasteiger partial charge in [0.2, 0.25) is 5.91 Å². The van der Waals surface area contributed by atoms with Crippen LogP contribution in [0.15, 0.2) is 42.5 Å². The molecule has 9 nitrogen and oxygen atoms in total. The summed E-state index contributed by atoms with van der Waals surface area (Å²) in [6.45, 7) is 8.77. The van der Waals surface area contributed by atoms with Crippen LogP contribution in [0.1, 0.15) is 44.7 Å². The summed E-state index contributed by atoms with van der Waals surface area (Å²) in [4.78, 5) is 20.4. The fourth-order valence-corrected chi connectivity index (χ4v) is 5.31. The van der Waals surface area contributed by atoms with Gasteiger partial charge in [-0.25, -0.2) is 0 Å². The van der Waals surface area contributed by atoms with Crippen molar-refractivity contribution in [2.75, 3.05) is 37.6 Å². The Labute approximate surface area is 194 Å². The second-order valence-electron chi connectivity index (χ2n) is 9.13. The lowest BCUT2D eigenvalue weighted by molar-refractivity contribution is -0.138. The number of carbonyl (C=O) groups is 1. The zero-order chi connectivity index (χ0) is 22.8. The monoisotopic (exact) mass is 448 g/mol. The largest absolute Gasteiger partial charge is 0.355 e. The van der Waals surface area contributed by atoms with Gasteiger partial charge in [0.15, 0.2) is 11.5 Å². The predicted octanol–water partition coefficient (Wildman–Crippen LogP) is 2.42. The van der Waals surface area contributed by atoms with Gasteiger partial charge in [-0.05, 0) is 61.2 Å². The van der Waals surface area contributed by atoms with Gasteiger partial charge in [-0.3, -0.25) is 9.69 Å². The average molecular weight is 449 g/mol. The van der Waals surface area contributed by atoms with Crippen molar-refractivity contribution in [3.05, 3.63) is 48.0 Å². The molecule has 2 unspecified atom stereocenters. The maximum Gasteiger partial charge on any atom is 0.226 e. The van der Waals surface area contributed by atoms with Crippen LogP contribution in [0.5, 0.6) is 0 Å². The van der Waals surface area contributed by atoms with Crippen molar-refractivity contribution < 1.29 is 4.79 Å². The molecule has 2 fully saturated rings. The molecule has 4 heterocycles. The van der Waals surface area contributed by atoms with Gasteiger partial charge < -0.3 is 9.80 Å². The molecule has 2 aliphatic heterocycles. The zero-order valence-electron chi connectivity index (χ0n) is 19.4. The number of piperidine rings is 1. The van der Waals surface area contributed by atoms with Crippen molar-refractivity contribution >= 4 is 17.4 Å². The number of rotatable bonds is 6. The molecule has 0 spiro atoms. The van der Waals surface area contributed by atoms with Gasteiger partial charge in [0.1, 0.15) is 0 Å². The number of hydrogen-bond acceptors (Lipinski definition) is 7. The molecule has 2 aliphatic rings. The van der Waals surface area contributed by atoms with Crippen molar-refractivity contribution in [3.8, 4) is 0 Å². The molecule has 9 heteroatoms. The van der Waals surface area contributed by atoms with Crippen LogP contribution in [0.2, 0.25) is 0 Å². The molecule has 174 valence electrons. The number of amides is 1. The maximum absolute atomic E-state index is 13.5. The minimum absolute atomic E-state index is 0.0820. The van der Waals surface area contributed by atoms with Crippen LogP contribution >= 0.6 is 0 Å². The van der Waals surface area contributed by atoms with Gasteiger partial charge in [0, 0.05) is 50.7 Å². The summed E-state index contributed by atoms with van der Waals surface area (Å²) in [6.07, 6.45) is 2.74. The molecule has 0 bridgehead atoms. The van der Waals surface area contributed by atoms with Crippen LogP contribution in [-0.4, -0.2) is 79.7 Å². The minimum atomic E-state index is 0.0820. The van der Waals surface area contributed by atoms with E-state index in [2.05, 4.69) is 79.5 Å². The fraction of sp³-hybridized carbons (Fsp3) is 0.542. The molecule has 2 atom stereocenters. The van der Waals surface area contributed by atoms with Crippen LogP contribution < -0.4 is 4.90 Å². The van der Waals surface area contributed by atoms with Gasteiger partial charge in [-0.1, -0.05) is 30.3 Å². The molecule has 3 aromatic rings. The zero-order valence-corrected chi connectivity index (χ0v) is 19.4. The second-order valence-corrected chi connectivity index (χ2v) is 9.13. The van der Waals surface area contributed by atoms with E-state index in [1.807, 2.05) is 12.1 Å². The number of tetrazole rings is 1. The van der Waals surface area contributed by atoms with Crippen molar-refractivity contribution in [3.63, 3.8) is 0 Å². The third kappa shape index (κ3) is 4.42. The third-order valence-electron chi connectivity index (χ3n) is 7.31. The van der Waals surface area contributed by atoms with Gasteiger partial charge in [0.05, 0.1) is 0 Å². The molecule has 2 aromatic heterocycles. The molecule has 0 aliphatic carbocycles. The number of fused-ring (bicyclic) bond motifs is 1. The lowest BCUT2D eigenvalue weighted by atomic mass is 9.94. The molecule has 0 saturated carbocycles. The summed E-state index contributed by atoms with van der Waals surface area (Å²) < 4.78 is 1.45. The molecule has 2 saturated heterocycles. The summed E-state index contributed by atoms with van der Waals surface area (Å²) in [6, 6.07) is 15.2. The number of nitrogens with zero attached hydrogens (tertiary/aromatic N) is 8. The van der Waals surface area contributed by atoms with Crippen LogP contribution in [0.25, 0.3) is 5.65 Å². The molecule has 1 aromatic carbocycles. The number of anilines is 1. The van der Waals surface area contributed by atoms with Gasteiger partial charge in [-0.2, -0.15) is 0 Å². The van der Waals surface area contributed by atoms with Crippen molar-refractivity contribution in [1.82, 2.24) is 35.1 Å². The Kier molecular flexibility index (Phi) is 6.22. The summed E-state index contributed by atoms with van der Waals surface area (Å²) in [5.74, 6) is 1.26. The topological polar surface area (TPSA) is 82.8 Å². The normalized spacial score (nSPS) is 20.9. The van der Waals surface area contributed by atoms with Crippen molar-refractivity contribution in [2.45, 2.75) is 45.2 Å².